The van der Waals surface area contributed by atoms with E-state index in [4.69, 9.17) is 4.74 Å². The second-order valence-electron chi connectivity index (χ2n) is 7.75. The van der Waals surface area contributed by atoms with Crippen molar-refractivity contribution in [2.75, 3.05) is 26.7 Å². The molecule has 0 atom stereocenters. The second kappa shape index (κ2) is 9.29. The van der Waals surface area contributed by atoms with Crippen molar-refractivity contribution in [2.45, 2.75) is 32.3 Å². The lowest BCUT2D eigenvalue weighted by atomic mass is 9.99. The highest BCUT2D eigenvalue weighted by molar-refractivity contribution is 5.86. The first-order valence-electron chi connectivity index (χ1n) is 10.5. The molecule has 29 heavy (non-hydrogen) atoms. The molecule has 0 bridgehead atoms. The lowest BCUT2D eigenvalue weighted by molar-refractivity contribution is 0.276. The van der Waals surface area contributed by atoms with Crippen LogP contribution >= 0.6 is 0 Å². The number of fused-ring (bicyclic) bond motifs is 1. The van der Waals surface area contributed by atoms with Crippen LogP contribution in [-0.2, 0) is 13.0 Å². The van der Waals surface area contributed by atoms with Gasteiger partial charge in [0.15, 0.2) is 0 Å². The summed E-state index contributed by atoms with van der Waals surface area (Å²) >= 11 is 0. The quantitative estimate of drug-likeness (QED) is 0.544. The Hall–Kier alpha value is -2.56. The number of aliphatic hydroxyl groups excluding tert-OH is 1. The van der Waals surface area contributed by atoms with E-state index in [0.29, 0.717) is 0 Å². The van der Waals surface area contributed by atoms with Crippen molar-refractivity contribution in [1.82, 2.24) is 9.88 Å². The third-order valence-electron chi connectivity index (χ3n) is 5.95. The minimum atomic E-state index is 0.0471. The fourth-order valence-corrected chi connectivity index (χ4v) is 4.30. The average molecular weight is 391 g/mol. The highest BCUT2D eigenvalue weighted by Crippen LogP contribution is 2.28. The van der Waals surface area contributed by atoms with Crippen LogP contribution in [0, 0.1) is 0 Å². The molecule has 3 aromatic rings. The van der Waals surface area contributed by atoms with Crippen molar-refractivity contribution in [2.24, 2.45) is 0 Å². The zero-order valence-corrected chi connectivity index (χ0v) is 17.2. The number of hydrogen-bond donors (Lipinski definition) is 2. The van der Waals surface area contributed by atoms with E-state index in [1.807, 2.05) is 12.1 Å². The topological polar surface area (TPSA) is 48.5 Å². The maximum absolute atomic E-state index is 9.75. The molecule has 2 aromatic carbocycles. The van der Waals surface area contributed by atoms with Gasteiger partial charge < -0.3 is 14.8 Å². The van der Waals surface area contributed by atoms with E-state index in [-0.39, 0.29) is 6.61 Å². The molecule has 2 heterocycles. The number of benzene rings is 2. The number of H-pyrrole nitrogens is 1. The molecule has 0 saturated carbocycles. The maximum atomic E-state index is 9.75. The van der Waals surface area contributed by atoms with Crippen LogP contribution < -0.4 is 4.74 Å². The Morgan fingerprint density at radius 2 is 1.97 bits per heavy atom. The third kappa shape index (κ3) is 4.55. The molecule has 1 aliphatic heterocycles. The summed E-state index contributed by atoms with van der Waals surface area (Å²) in [5.41, 5.74) is 6.05. The summed E-state index contributed by atoms with van der Waals surface area (Å²) in [6.45, 7) is 3.35. The molecule has 0 aliphatic carbocycles. The average Bonchev–Trinajstić information content (AvgIpc) is 3.14. The SMILES string of the molecule is COc1ccc2c(CCCCN3CC=C(c4ccccc4)CC3)c(CO)[nH]c2c1. The van der Waals surface area contributed by atoms with Crippen molar-refractivity contribution in [3.63, 3.8) is 0 Å². The highest BCUT2D eigenvalue weighted by Gasteiger charge is 2.14. The number of methoxy groups -OCH3 is 1. The standard InChI is InChI=1S/C25H30N2O2/c1-29-21-10-11-23-22(25(18-28)26-24(23)17-21)9-5-6-14-27-15-12-20(13-16-27)19-7-3-2-4-8-19/h2-4,7-8,10-12,17,26,28H,5-6,9,13-16,18H2,1H3. The largest absolute Gasteiger partial charge is 0.497 e. The van der Waals surface area contributed by atoms with Gasteiger partial charge >= 0.3 is 0 Å². The molecular formula is C25H30N2O2. The number of aromatic amines is 1. The molecule has 4 rings (SSSR count). The Bertz CT molecular complexity index is 975. The Morgan fingerprint density at radius 1 is 1.10 bits per heavy atom. The summed E-state index contributed by atoms with van der Waals surface area (Å²) in [5.74, 6) is 0.836. The molecule has 0 spiro atoms. The Labute approximate surface area is 172 Å². The van der Waals surface area contributed by atoms with Gasteiger partial charge in [-0.05, 0) is 61.1 Å². The van der Waals surface area contributed by atoms with Gasteiger partial charge in [0.2, 0.25) is 0 Å². The van der Waals surface area contributed by atoms with Gasteiger partial charge in [-0.1, -0.05) is 36.4 Å². The van der Waals surface area contributed by atoms with E-state index in [2.05, 4.69) is 52.4 Å². The Kier molecular flexibility index (Phi) is 6.33. The lowest BCUT2D eigenvalue weighted by Gasteiger charge is -2.26. The van der Waals surface area contributed by atoms with E-state index < -0.39 is 0 Å². The summed E-state index contributed by atoms with van der Waals surface area (Å²) in [4.78, 5) is 5.89. The lowest BCUT2D eigenvalue weighted by Crippen LogP contribution is -2.29. The van der Waals surface area contributed by atoms with E-state index in [1.54, 1.807) is 7.11 Å². The molecule has 1 aromatic heterocycles. The summed E-state index contributed by atoms with van der Waals surface area (Å²) in [6.07, 6.45) is 6.79. The minimum absolute atomic E-state index is 0.0471. The molecule has 1 aliphatic rings. The van der Waals surface area contributed by atoms with Gasteiger partial charge in [-0.15, -0.1) is 0 Å². The van der Waals surface area contributed by atoms with Gasteiger partial charge in [-0.3, -0.25) is 4.90 Å². The number of unbranched alkanes of at least 4 members (excludes halogenated alkanes) is 1. The molecule has 0 radical (unpaired) electrons. The molecule has 152 valence electrons. The fraction of sp³-hybridized carbons (Fsp3) is 0.360. The molecule has 0 saturated heterocycles. The predicted octanol–water partition coefficient (Wildman–Crippen LogP) is 4.78. The number of ether oxygens (including phenoxy) is 1. The van der Waals surface area contributed by atoms with Gasteiger partial charge in [-0.2, -0.15) is 0 Å². The van der Waals surface area contributed by atoms with E-state index in [9.17, 15) is 5.11 Å². The summed E-state index contributed by atoms with van der Waals surface area (Å²) < 4.78 is 5.31. The zero-order valence-electron chi connectivity index (χ0n) is 17.2. The smallest absolute Gasteiger partial charge is 0.120 e. The van der Waals surface area contributed by atoms with Crippen LogP contribution in [0.4, 0.5) is 0 Å². The number of rotatable bonds is 8. The maximum Gasteiger partial charge on any atom is 0.120 e. The van der Waals surface area contributed by atoms with E-state index >= 15 is 0 Å². The van der Waals surface area contributed by atoms with Crippen LogP contribution in [0.3, 0.4) is 0 Å². The van der Waals surface area contributed by atoms with Crippen molar-refractivity contribution in [1.29, 1.82) is 0 Å². The molecule has 0 amide bonds. The van der Waals surface area contributed by atoms with Crippen molar-refractivity contribution < 1.29 is 9.84 Å². The number of nitrogens with zero attached hydrogens (tertiary/aromatic N) is 1. The fourth-order valence-electron chi connectivity index (χ4n) is 4.30. The summed E-state index contributed by atoms with van der Waals surface area (Å²) in [6, 6.07) is 16.8. The number of aliphatic hydroxyl groups is 1. The van der Waals surface area contributed by atoms with Crippen LogP contribution in [0.1, 0.15) is 36.1 Å². The molecule has 0 unspecified atom stereocenters. The zero-order chi connectivity index (χ0) is 20.1. The first kappa shape index (κ1) is 19.7. The highest BCUT2D eigenvalue weighted by atomic mass is 16.5. The minimum Gasteiger partial charge on any atom is -0.497 e. The monoisotopic (exact) mass is 390 g/mol. The van der Waals surface area contributed by atoms with Crippen LogP contribution in [0.5, 0.6) is 5.75 Å². The van der Waals surface area contributed by atoms with Crippen LogP contribution in [0.15, 0.2) is 54.6 Å². The van der Waals surface area contributed by atoms with E-state index in [1.165, 1.54) is 28.5 Å². The van der Waals surface area contributed by atoms with Gasteiger partial charge in [0.1, 0.15) is 5.75 Å². The molecular weight excluding hydrogens is 360 g/mol. The van der Waals surface area contributed by atoms with Crippen LogP contribution in [0.25, 0.3) is 16.5 Å². The predicted molar refractivity (Wildman–Crippen MR) is 119 cm³/mol. The molecule has 4 nitrogen and oxygen atoms in total. The Balaban J connectivity index is 1.31. The van der Waals surface area contributed by atoms with Gasteiger partial charge in [-0.25, -0.2) is 0 Å². The van der Waals surface area contributed by atoms with Crippen molar-refractivity contribution in [3.05, 3.63) is 71.4 Å². The van der Waals surface area contributed by atoms with Crippen molar-refractivity contribution >= 4 is 16.5 Å². The van der Waals surface area contributed by atoms with Crippen LogP contribution in [-0.4, -0.2) is 41.7 Å². The first-order valence-corrected chi connectivity index (χ1v) is 10.5. The van der Waals surface area contributed by atoms with E-state index in [0.717, 1.165) is 55.9 Å². The number of aromatic nitrogens is 1. The summed E-state index contributed by atoms with van der Waals surface area (Å²) in [5, 5.41) is 10.9. The van der Waals surface area contributed by atoms with Crippen molar-refractivity contribution in [3.8, 4) is 5.75 Å². The number of hydrogen-bond acceptors (Lipinski definition) is 3. The van der Waals surface area contributed by atoms with Gasteiger partial charge in [0, 0.05) is 35.8 Å². The third-order valence-corrected chi connectivity index (χ3v) is 5.95. The molecule has 0 fully saturated rings. The second-order valence-corrected chi connectivity index (χ2v) is 7.75. The molecule has 2 N–H and O–H groups in total. The number of nitrogens with one attached hydrogen (secondary N) is 1. The van der Waals surface area contributed by atoms with Gasteiger partial charge in [0.25, 0.3) is 0 Å². The normalized spacial score (nSPS) is 14.9. The van der Waals surface area contributed by atoms with Gasteiger partial charge in [0.05, 0.1) is 13.7 Å². The Morgan fingerprint density at radius 3 is 2.69 bits per heavy atom. The first-order chi connectivity index (χ1) is 14.3. The molecule has 4 heteroatoms. The summed E-state index contributed by atoms with van der Waals surface area (Å²) in [7, 11) is 1.68. The number of aryl methyl sites for hydroxylation is 1. The van der Waals surface area contributed by atoms with Crippen LogP contribution in [0.2, 0.25) is 0 Å².